The minimum Gasteiger partial charge on any atom is -0.349 e. The van der Waals surface area contributed by atoms with E-state index in [1.807, 2.05) is 0 Å². The number of hydrogen-bond donors (Lipinski definition) is 1. The van der Waals surface area contributed by atoms with Gasteiger partial charge in [-0.1, -0.05) is 17.7 Å². The van der Waals surface area contributed by atoms with Gasteiger partial charge in [0.25, 0.3) is 11.6 Å². The summed E-state index contributed by atoms with van der Waals surface area (Å²) in [6, 6.07) is 1.01. The maximum atomic E-state index is 11.9. The standard InChI is InChI=1S/C11H12ClN3O3/c1-3-4-7(2)14-11(16)8-5-10(12)13-6-9(8)15(17)18/h3,5-7H,1,4H2,2H3,(H,14,16). The van der Waals surface area contributed by atoms with Gasteiger partial charge in [-0.25, -0.2) is 4.98 Å². The van der Waals surface area contributed by atoms with Crippen LogP contribution in [-0.2, 0) is 0 Å². The van der Waals surface area contributed by atoms with Crippen molar-refractivity contribution in [3.8, 4) is 0 Å². The first-order valence-corrected chi connectivity index (χ1v) is 5.55. The lowest BCUT2D eigenvalue weighted by molar-refractivity contribution is -0.385. The highest BCUT2D eigenvalue weighted by atomic mass is 35.5. The number of carbonyl (C=O) groups is 1. The van der Waals surface area contributed by atoms with Gasteiger partial charge in [0.2, 0.25) is 0 Å². The van der Waals surface area contributed by atoms with Crippen LogP contribution >= 0.6 is 11.6 Å². The summed E-state index contributed by atoms with van der Waals surface area (Å²) in [5.74, 6) is -0.555. The number of carbonyl (C=O) groups excluding carboxylic acids is 1. The topological polar surface area (TPSA) is 85.1 Å². The molecule has 6 nitrogen and oxygen atoms in total. The van der Waals surface area contributed by atoms with Crippen LogP contribution in [0.15, 0.2) is 24.9 Å². The molecule has 0 saturated carbocycles. The lowest BCUT2D eigenvalue weighted by Gasteiger charge is -2.11. The molecule has 18 heavy (non-hydrogen) atoms. The maximum absolute atomic E-state index is 11.9. The lowest BCUT2D eigenvalue weighted by Crippen LogP contribution is -2.32. The molecular weight excluding hydrogens is 258 g/mol. The Morgan fingerprint density at radius 1 is 1.78 bits per heavy atom. The van der Waals surface area contributed by atoms with Gasteiger partial charge in [0.15, 0.2) is 0 Å². The summed E-state index contributed by atoms with van der Waals surface area (Å²) >= 11 is 5.63. The summed E-state index contributed by atoms with van der Waals surface area (Å²) in [6.07, 6.45) is 3.19. The second-order valence-corrected chi connectivity index (χ2v) is 4.07. The van der Waals surface area contributed by atoms with Crippen molar-refractivity contribution < 1.29 is 9.72 Å². The van der Waals surface area contributed by atoms with Crippen molar-refractivity contribution in [2.24, 2.45) is 0 Å². The number of halogens is 1. The van der Waals surface area contributed by atoms with Gasteiger partial charge >= 0.3 is 0 Å². The first-order valence-electron chi connectivity index (χ1n) is 5.17. The molecular formula is C11H12ClN3O3. The van der Waals surface area contributed by atoms with Crippen LogP contribution < -0.4 is 5.32 Å². The molecule has 1 unspecified atom stereocenters. The molecule has 1 N–H and O–H groups in total. The van der Waals surface area contributed by atoms with E-state index < -0.39 is 10.8 Å². The summed E-state index contributed by atoms with van der Waals surface area (Å²) in [6.45, 7) is 5.32. The number of pyridine rings is 1. The summed E-state index contributed by atoms with van der Waals surface area (Å²) < 4.78 is 0. The molecule has 0 aromatic carbocycles. The van der Waals surface area contributed by atoms with Gasteiger partial charge in [-0.05, 0) is 19.4 Å². The zero-order valence-electron chi connectivity index (χ0n) is 9.72. The number of amides is 1. The third kappa shape index (κ3) is 3.53. The van der Waals surface area contributed by atoms with Crippen LogP contribution in [0.5, 0.6) is 0 Å². The molecule has 1 rings (SSSR count). The molecule has 1 atom stereocenters. The van der Waals surface area contributed by atoms with Gasteiger partial charge in [0.05, 0.1) is 4.92 Å². The Bertz CT molecular complexity index is 490. The predicted molar refractivity (Wildman–Crippen MR) is 67.6 cm³/mol. The number of aromatic nitrogens is 1. The quantitative estimate of drug-likeness (QED) is 0.385. The number of rotatable bonds is 5. The number of nitrogens with zero attached hydrogens (tertiary/aromatic N) is 2. The van der Waals surface area contributed by atoms with E-state index in [0.717, 1.165) is 6.20 Å². The van der Waals surface area contributed by atoms with Crippen molar-refractivity contribution in [3.63, 3.8) is 0 Å². The van der Waals surface area contributed by atoms with Crippen molar-refractivity contribution in [3.05, 3.63) is 45.7 Å². The second kappa shape index (κ2) is 6.11. The molecule has 0 saturated heterocycles. The summed E-state index contributed by atoms with van der Waals surface area (Å²) in [7, 11) is 0. The van der Waals surface area contributed by atoms with Gasteiger partial charge in [-0.15, -0.1) is 6.58 Å². The zero-order chi connectivity index (χ0) is 13.7. The van der Waals surface area contributed by atoms with Crippen molar-refractivity contribution >= 4 is 23.2 Å². The molecule has 0 spiro atoms. The highest BCUT2D eigenvalue weighted by molar-refractivity contribution is 6.29. The molecule has 0 fully saturated rings. The Hall–Kier alpha value is -1.95. The van der Waals surface area contributed by atoms with E-state index >= 15 is 0 Å². The van der Waals surface area contributed by atoms with Crippen LogP contribution in [0.4, 0.5) is 5.69 Å². The molecule has 96 valence electrons. The van der Waals surface area contributed by atoms with Crippen LogP contribution in [0.1, 0.15) is 23.7 Å². The van der Waals surface area contributed by atoms with E-state index in [4.69, 9.17) is 11.6 Å². The first-order chi connectivity index (χ1) is 8.45. The molecule has 1 aromatic rings. The van der Waals surface area contributed by atoms with E-state index in [1.54, 1.807) is 13.0 Å². The third-order valence-electron chi connectivity index (χ3n) is 2.19. The first kappa shape index (κ1) is 14.1. The summed E-state index contributed by atoms with van der Waals surface area (Å²) in [4.78, 5) is 25.6. The van der Waals surface area contributed by atoms with Crippen molar-refractivity contribution in [2.75, 3.05) is 0 Å². The van der Waals surface area contributed by atoms with E-state index in [2.05, 4.69) is 16.9 Å². The number of nitrogens with one attached hydrogen (secondary N) is 1. The van der Waals surface area contributed by atoms with Crippen LogP contribution in [-0.4, -0.2) is 21.9 Å². The minimum absolute atomic E-state index is 0.0297. The normalized spacial score (nSPS) is 11.7. The summed E-state index contributed by atoms with van der Waals surface area (Å²) in [5.41, 5.74) is -0.474. The van der Waals surface area contributed by atoms with Crippen LogP contribution in [0, 0.1) is 10.1 Å². The monoisotopic (exact) mass is 269 g/mol. The van der Waals surface area contributed by atoms with Crippen molar-refractivity contribution in [2.45, 2.75) is 19.4 Å². The molecule has 7 heteroatoms. The van der Waals surface area contributed by atoms with Crippen LogP contribution in [0.2, 0.25) is 5.15 Å². The largest absolute Gasteiger partial charge is 0.349 e. The smallest absolute Gasteiger partial charge is 0.300 e. The Labute approximate surface area is 109 Å². The number of nitro groups is 1. The number of hydrogen-bond acceptors (Lipinski definition) is 4. The fourth-order valence-corrected chi connectivity index (χ4v) is 1.52. The van der Waals surface area contributed by atoms with E-state index in [-0.39, 0.29) is 22.4 Å². The van der Waals surface area contributed by atoms with Gasteiger partial charge < -0.3 is 5.32 Å². The van der Waals surface area contributed by atoms with Crippen molar-refractivity contribution in [1.29, 1.82) is 0 Å². The second-order valence-electron chi connectivity index (χ2n) is 3.68. The molecule has 0 bridgehead atoms. The van der Waals surface area contributed by atoms with Gasteiger partial charge in [-0.2, -0.15) is 0 Å². The predicted octanol–water partition coefficient (Wildman–Crippen LogP) is 2.34. The Balaban J connectivity index is 3.00. The average molecular weight is 270 g/mol. The van der Waals surface area contributed by atoms with Crippen molar-refractivity contribution in [1.82, 2.24) is 10.3 Å². The molecule has 1 heterocycles. The van der Waals surface area contributed by atoms with Gasteiger partial charge in [-0.3, -0.25) is 14.9 Å². The molecule has 0 aliphatic rings. The van der Waals surface area contributed by atoms with E-state index in [1.165, 1.54) is 6.07 Å². The van der Waals surface area contributed by atoms with Gasteiger partial charge in [0.1, 0.15) is 16.9 Å². The molecule has 0 aliphatic carbocycles. The average Bonchev–Trinajstić information content (AvgIpc) is 2.28. The molecule has 0 aliphatic heterocycles. The SMILES string of the molecule is C=CCC(C)NC(=O)c1cc(Cl)ncc1[N+](=O)[O-]. The maximum Gasteiger partial charge on any atom is 0.300 e. The molecule has 0 radical (unpaired) electrons. The van der Waals surface area contributed by atoms with Gasteiger partial charge in [0, 0.05) is 6.04 Å². The van der Waals surface area contributed by atoms with E-state index in [0.29, 0.717) is 6.42 Å². The fraction of sp³-hybridized carbons (Fsp3) is 0.273. The highest BCUT2D eigenvalue weighted by Gasteiger charge is 2.22. The Kier molecular flexibility index (Phi) is 4.79. The Morgan fingerprint density at radius 2 is 2.44 bits per heavy atom. The zero-order valence-corrected chi connectivity index (χ0v) is 10.5. The summed E-state index contributed by atoms with van der Waals surface area (Å²) in [5, 5.41) is 13.4. The third-order valence-corrected chi connectivity index (χ3v) is 2.40. The highest BCUT2D eigenvalue weighted by Crippen LogP contribution is 2.20. The Morgan fingerprint density at radius 3 is 3.00 bits per heavy atom. The lowest BCUT2D eigenvalue weighted by atomic mass is 10.2. The minimum atomic E-state index is -0.670. The molecule has 1 aromatic heterocycles. The van der Waals surface area contributed by atoms with Crippen LogP contribution in [0.3, 0.4) is 0 Å². The van der Waals surface area contributed by atoms with Crippen LogP contribution in [0.25, 0.3) is 0 Å². The van der Waals surface area contributed by atoms with E-state index in [9.17, 15) is 14.9 Å². The molecule has 1 amide bonds. The fourth-order valence-electron chi connectivity index (χ4n) is 1.36.